The van der Waals surface area contributed by atoms with E-state index in [-0.39, 0.29) is 18.9 Å². The first-order chi connectivity index (χ1) is 7.60. The van der Waals surface area contributed by atoms with E-state index in [9.17, 15) is 14.4 Å². The van der Waals surface area contributed by atoms with E-state index < -0.39 is 11.2 Å². The highest BCUT2D eigenvalue weighted by Crippen LogP contribution is 1.82. The number of ether oxygens (including phenoxy) is 1. The fourth-order valence-electron chi connectivity index (χ4n) is 1.33. The lowest BCUT2D eigenvalue weighted by Gasteiger charge is -2.06. The summed E-state index contributed by atoms with van der Waals surface area (Å²) in [7, 11) is 1.38. The van der Waals surface area contributed by atoms with Crippen LogP contribution in [0.25, 0.3) is 0 Å². The zero-order chi connectivity index (χ0) is 12.1. The molecular formula is C10H14N2O4. The number of rotatable bonds is 5. The average Bonchev–Trinajstić information content (AvgIpc) is 2.25. The second kappa shape index (κ2) is 5.41. The molecule has 0 aliphatic rings. The third-order valence-corrected chi connectivity index (χ3v) is 2.12. The van der Waals surface area contributed by atoms with Gasteiger partial charge in [-0.1, -0.05) is 0 Å². The normalized spacial score (nSPS) is 10.4. The Morgan fingerprint density at radius 3 is 2.69 bits per heavy atom. The number of nitrogens with zero attached hydrogens (tertiary/aromatic N) is 2. The Morgan fingerprint density at radius 1 is 1.44 bits per heavy atom. The van der Waals surface area contributed by atoms with Crippen molar-refractivity contribution >= 4 is 5.78 Å². The van der Waals surface area contributed by atoms with Crippen molar-refractivity contribution in [3.05, 3.63) is 33.1 Å². The maximum Gasteiger partial charge on any atom is 0.331 e. The SMILES string of the molecule is CCn1ccc(=O)n(CC(=O)COC)c1=O. The van der Waals surface area contributed by atoms with Crippen LogP contribution in [-0.2, 0) is 22.6 Å². The Labute approximate surface area is 92.1 Å². The fourth-order valence-corrected chi connectivity index (χ4v) is 1.33. The minimum absolute atomic E-state index is 0.104. The number of carbonyl (C=O) groups excluding carboxylic acids is 1. The summed E-state index contributed by atoms with van der Waals surface area (Å²) < 4.78 is 6.91. The summed E-state index contributed by atoms with van der Waals surface area (Å²) in [6.45, 7) is 1.89. The Morgan fingerprint density at radius 2 is 2.12 bits per heavy atom. The van der Waals surface area contributed by atoms with Crippen molar-refractivity contribution in [2.45, 2.75) is 20.0 Å². The first-order valence-corrected chi connectivity index (χ1v) is 4.91. The number of Topliss-reactive ketones (excluding diaryl/α,β-unsaturated/α-hetero) is 1. The van der Waals surface area contributed by atoms with Crippen molar-refractivity contribution in [2.75, 3.05) is 13.7 Å². The molecule has 1 heterocycles. The Hall–Kier alpha value is -1.69. The van der Waals surface area contributed by atoms with Crippen LogP contribution >= 0.6 is 0 Å². The van der Waals surface area contributed by atoms with Crippen molar-refractivity contribution < 1.29 is 9.53 Å². The molecule has 0 amide bonds. The van der Waals surface area contributed by atoms with Gasteiger partial charge in [0.15, 0.2) is 5.78 Å². The van der Waals surface area contributed by atoms with Gasteiger partial charge < -0.3 is 9.30 Å². The van der Waals surface area contributed by atoms with E-state index in [4.69, 9.17) is 0 Å². The number of aromatic nitrogens is 2. The standard InChI is InChI=1S/C10H14N2O4/c1-3-11-5-4-9(14)12(10(11)15)6-8(13)7-16-2/h4-5H,3,6-7H2,1-2H3. The molecule has 0 saturated heterocycles. The average molecular weight is 226 g/mol. The molecule has 6 nitrogen and oxygen atoms in total. The molecule has 6 heteroatoms. The Bertz CT molecular complexity index is 486. The van der Waals surface area contributed by atoms with E-state index in [1.807, 2.05) is 0 Å². The van der Waals surface area contributed by atoms with Crippen molar-refractivity contribution in [2.24, 2.45) is 0 Å². The second-order valence-corrected chi connectivity index (χ2v) is 3.28. The zero-order valence-corrected chi connectivity index (χ0v) is 9.30. The summed E-state index contributed by atoms with van der Waals surface area (Å²) >= 11 is 0. The van der Waals surface area contributed by atoms with Gasteiger partial charge in [0.2, 0.25) is 0 Å². The van der Waals surface area contributed by atoms with Gasteiger partial charge in [-0.2, -0.15) is 0 Å². The molecule has 0 unspecified atom stereocenters. The summed E-state index contributed by atoms with van der Waals surface area (Å²) in [5.41, 5.74) is -0.946. The minimum Gasteiger partial charge on any atom is -0.377 e. The third-order valence-electron chi connectivity index (χ3n) is 2.12. The van der Waals surface area contributed by atoms with Crippen LogP contribution in [0.15, 0.2) is 21.9 Å². The maximum atomic E-state index is 11.7. The van der Waals surface area contributed by atoms with Gasteiger partial charge in [0.1, 0.15) is 6.61 Å². The van der Waals surface area contributed by atoms with Crippen LogP contribution in [0, 0.1) is 0 Å². The Kier molecular flexibility index (Phi) is 4.19. The van der Waals surface area contributed by atoms with E-state index in [2.05, 4.69) is 4.74 Å². The summed E-state index contributed by atoms with van der Waals surface area (Å²) in [6, 6.07) is 1.27. The lowest BCUT2D eigenvalue weighted by molar-refractivity contribution is -0.123. The smallest absolute Gasteiger partial charge is 0.331 e. The molecule has 16 heavy (non-hydrogen) atoms. The van der Waals surface area contributed by atoms with Gasteiger partial charge in [-0.15, -0.1) is 0 Å². The van der Waals surface area contributed by atoms with Gasteiger partial charge in [0.25, 0.3) is 5.56 Å². The third kappa shape index (κ3) is 2.66. The molecule has 0 saturated carbocycles. The second-order valence-electron chi connectivity index (χ2n) is 3.28. The van der Waals surface area contributed by atoms with Crippen LogP contribution in [0.3, 0.4) is 0 Å². The number of methoxy groups -OCH3 is 1. The largest absolute Gasteiger partial charge is 0.377 e. The topological polar surface area (TPSA) is 70.3 Å². The van der Waals surface area contributed by atoms with Gasteiger partial charge >= 0.3 is 5.69 Å². The van der Waals surface area contributed by atoms with Crippen LogP contribution in [0.1, 0.15) is 6.92 Å². The minimum atomic E-state index is -0.473. The van der Waals surface area contributed by atoms with Gasteiger partial charge in [-0.25, -0.2) is 4.79 Å². The van der Waals surface area contributed by atoms with E-state index in [0.717, 1.165) is 4.57 Å². The summed E-state index contributed by atoms with van der Waals surface area (Å²) in [4.78, 5) is 34.4. The van der Waals surface area contributed by atoms with E-state index in [1.54, 1.807) is 6.92 Å². The van der Waals surface area contributed by atoms with E-state index in [0.29, 0.717) is 6.54 Å². The Balaban J connectivity index is 3.08. The van der Waals surface area contributed by atoms with Crippen LogP contribution in [-0.4, -0.2) is 28.6 Å². The van der Waals surface area contributed by atoms with Gasteiger partial charge in [-0.05, 0) is 6.92 Å². The van der Waals surface area contributed by atoms with Gasteiger partial charge in [0.05, 0.1) is 6.54 Å². The predicted molar refractivity (Wildman–Crippen MR) is 57.5 cm³/mol. The summed E-state index contributed by atoms with van der Waals surface area (Å²) in [5, 5.41) is 0. The molecule has 1 aromatic rings. The highest BCUT2D eigenvalue weighted by Gasteiger charge is 2.08. The first-order valence-electron chi connectivity index (χ1n) is 4.91. The molecule has 1 rings (SSSR count). The van der Waals surface area contributed by atoms with Crippen LogP contribution in [0.4, 0.5) is 0 Å². The first kappa shape index (κ1) is 12.4. The van der Waals surface area contributed by atoms with E-state index >= 15 is 0 Å². The molecule has 0 aliphatic carbocycles. The van der Waals surface area contributed by atoms with Crippen LogP contribution < -0.4 is 11.2 Å². The summed E-state index contributed by atoms with van der Waals surface area (Å²) in [5.74, 6) is -0.310. The molecule has 0 aromatic carbocycles. The number of hydrogen-bond donors (Lipinski definition) is 0. The van der Waals surface area contributed by atoms with Crippen LogP contribution in [0.2, 0.25) is 0 Å². The number of carbonyl (C=O) groups is 1. The number of ketones is 1. The molecule has 0 spiro atoms. The van der Waals surface area contributed by atoms with Crippen molar-refractivity contribution in [3.8, 4) is 0 Å². The number of hydrogen-bond acceptors (Lipinski definition) is 4. The highest BCUT2D eigenvalue weighted by atomic mass is 16.5. The van der Waals surface area contributed by atoms with Gasteiger partial charge in [-0.3, -0.25) is 14.2 Å². The molecule has 0 bridgehead atoms. The number of aryl methyl sites for hydroxylation is 1. The quantitative estimate of drug-likeness (QED) is 0.662. The molecule has 0 radical (unpaired) electrons. The van der Waals surface area contributed by atoms with Crippen molar-refractivity contribution in [1.82, 2.24) is 9.13 Å². The lowest BCUT2D eigenvalue weighted by atomic mass is 10.4. The van der Waals surface area contributed by atoms with Crippen molar-refractivity contribution in [1.29, 1.82) is 0 Å². The lowest BCUT2D eigenvalue weighted by Crippen LogP contribution is -2.41. The monoisotopic (exact) mass is 226 g/mol. The molecule has 1 aromatic heterocycles. The van der Waals surface area contributed by atoms with Gasteiger partial charge in [0, 0.05) is 25.9 Å². The highest BCUT2D eigenvalue weighted by molar-refractivity contribution is 5.79. The fraction of sp³-hybridized carbons (Fsp3) is 0.500. The molecule has 88 valence electrons. The van der Waals surface area contributed by atoms with Crippen LogP contribution in [0.5, 0.6) is 0 Å². The molecule has 0 fully saturated rings. The zero-order valence-electron chi connectivity index (χ0n) is 9.30. The summed E-state index contributed by atoms with van der Waals surface area (Å²) in [6.07, 6.45) is 1.42. The maximum absolute atomic E-state index is 11.7. The predicted octanol–water partition coefficient (Wildman–Crippen LogP) is -0.755. The molecular weight excluding hydrogens is 212 g/mol. The molecule has 0 N–H and O–H groups in total. The molecule has 0 atom stereocenters. The van der Waals surface area contributed by atoms with Crippen molar-refractivity contribution in [3.63, 3.8) is 0 Å². The van der Waals surface area contributed by atoms with E-state index in [1.165, 1.54) is 23.9 Å². The molecule has 0 aliphatic heterocycles.